The van der Waals surface area contributed by atoms with Gasteiger partial charge in [-0.05, 0) is 38.5 Å². The van der Waals surface area contributed by atoms with E-state index in [1.807, 2.05) is 0 Å². The third-order valence-corrected chi connectivity index (χ3v) is 17.1. The quantitative estimate of drug-likeness (QED) is 0.0261. The van der Waals surface area contributed by atoms with E-state index in [1.165, 1.54) is 302 Å². The third kappa shape index (κ3) is 47.4. The lowest BCUT2D eigenvalue weighted by Gasteiger charge is -2.40. The van der Waals surface area contributed by atoms with Crippen LogP contribution in [0.1, 0.15) is 367 Å². The molecule has 0 aromatic carbocycles. The SMILES string of the molecule is CCCCCCCCCCCCCCCCCC/C=C\CCCCCCCCCCCCCCCCCCCC(=O)NC(COC1OC(CO)C(O)C(O)C1O)C(O)CCCCCCCCCCCCCCCCCCCC. The minimum absolute atomic E-state index is 0.132. The largest absolute Gasteiger partial charge is 0.394 e. The van der Waals surface area contributed by atoms with Crippen LogP contribution < -0.4 is 5.32 Å². The van der Waals surface area contributed by atoms with Crippen molar-refractivity contribution in [2.75, 3.05) is 13.2 Å². The van der Waals surface area contributed by atoms with Crippen LogP contribution in [0.25, 0.3) is 0 Å². The number of carbonyl (C=O) groups excluding carboxylic acids is 1. The number of amides is 1. The van der Waals surface area contributed by atoms with Crippen LogP contribution in [0.5, 0.6) is 0 Å². The van der Waals surface area contributed by atoms with Crippen molar-refractivity contribution < 1.29 is 39.8 Å². The number of carbonyl (C=O) groups is 1. The highest BCUT2D eigenvalue weighted by Crippen LogP contribution is 2.24. The van der Waals surface area contributed by atoms with E-state index in [2.05, 4.69) is 31.3 Å². The molecular weight excluding hydrogens is 971 g/mol. The lowest BCUT2D eigenvalue weighted by atomic mass is 9.99. The van der Waals surface area contributed by atoms with Crippen LogP contribution >= 0.6 is 0 Å². The van der Waals surface area contributed by atoms with Gasteiger partial charge in [-0.25, -0.2) is 0 Å². The zero-order valence-electron chi connectivity index (χ0n) is 52.0. The highest BCUT2D eigenvalue weighted by atomic mass is 16.7. The zero-order valence-corrected chi connectivity index (χ0v) is 52.0. The van der Waals surface area contributed by atoms with E-state index in [-0.39, 0.29) is 12.5 Å². The second-order valence-electron chi connectivity index (χ2n) is 24.7. The predicted octanol–water partition coefficient (Wildman–Crippen LogP) is 18.7. The molecule has 6 N–H and O–H groups in total. The van der Waals surface area contributed by atoms with Gasteiger partial charge < -0.3 is 40.3 Å². The average Bonchev–Trinajstić information content (AvgIpc) is 3.45. The van der Waals surface area contributed by atoms with E-state index in [4.69, 9.17) is 9.47 Å². The summed E-state index contributed by atoms with van der Waals surface area (Å²) < 4.78 is 11.4. The predicted molar refractivity (Wildman–Crippen MR) is 332 cm³/mol. The Morgan fingerprint density at radius 3 is 1.04 bits per heavy atom. The first-order valence-corrected chi connectivity index (χ1v) is 34.9. The zero-order chi connectivity index (χ0) is 56.5. The van der Waals surface area contributed by atoms with Gasteiger partial charge in [-0.2, -0.15) is 0 Å². The topological polar surface area (TPSA) is 149 Å². The molecule has 0 aliphatic carbocycles. The van der Waals surface area contributed by atoms with Crippen LogP contribution in [0.4, 0.5) is 0 Å². The number of aliphatic hydroxyl groups is 5. The Morgan fingerprint density at radius 1 is 0.423 bits per heavy atom. The van der Waals surface area contributed by atoms with Gasteiger partial charge in [0.2, 0.25) is 5.91 Å². The second kappa shape index (κ2) is 59.1. The minimum Gasteiger partial charge on any atom is -0.394 e. The molecule has 0 saturated carbocycles. The Labute approximate surface area is 484 Å². The first kappa shape index (κ1) is 74.9. The summed E-state index contributed by atoms with van der Waals surface area (Å²) in [5, 5.41) is 54.8. The van der Waals surface area contributed by atoms with Crippen LogP contribution in [0.15, 0.2) is 12.2 Å². The number of ether oxygens (including phenoxy) is 2. The molecule has 0 spiro atoms. The van der Waals surface area contributed by atoms with Crippen LogP contribution in [0, 0.1) is 0 Å². The Kier molecular flexibility index (Phi) is 56.8. The highest BCUT2D eigenvalue weighted by molar-refractivity contribution is 5.76. The molecule has 1 rings (SSSR count). The van der Waals surface area contributed by atoms with Crippen LogP contribution in [0.3, 0.4) is 0 Å². The lowest BCUT2D eigenvalue weighted by molar-refractivity contribution is -0.302. The number of aliphatic hydroxyl groups excluding tert-OH is 5. The summed E-state index contributed by atoms with van der Waals surface area (Å²) in [7, 11) is 0. The van der Waals surface area contributed by atoms with Crippen molar-refractivity contribution in [1.29, 1.82) is 0 Å². The number of hydrogen-bond donors (Lipinski definition) is 6. The summed E-state index contributed by atoms with van der Waals surface area (Å²) >= 11 is 0. The van der Waals surface area contributed by atoms with Gasteiger partial charge in [0.05, 0.1) is 25.4 Å². The molecule has 1 amide bonds. The van der Waals surface area contributed by atoms with E-state index in [0.29, 0.717) is 12.8 Å². The van der Waals surface area contributed by atoms with E-state index < -0.39 is 49.5 Å². The first-order chi connectivity index (χ1) is 38.3. The molecular formula is C69H135NO8. The van der Waals surface area contributed by atoms with Crippen molar-refractivity contribution in [3.8, 4) is 0 Å². The molecule has 7 unspecified atom stereocenters. The van der Waals surface area contributed by atoms with Crippen molar-refractivity contribution in [3.05, 3.63) is 12.2 Å². The lowest BCUT2D eigenvalue weighted by Crippen LogP contribution is -2.60. The summed E-state index contributed by atoms with van der Waals surface area (Å²) in [6.45, 7) is 3.90. The fourth-order valence-electron chi connectivity index (χ4n) is 11.6. The molecule has 9 nitrogen and oxygen atoms in total. The summed E-state index contributed by atoms with van der Waals surface area (Å²) in [6, 6.07) is -0.716. The molecule has 78 heavy (non-hydrogen) atoms. The Balaban J connectivity index is 2.05. The molecule has 1 aliphatic rings. The van der Waals surface area contributed by atoms with Crippen molar-refractivity contribution in [2.45, 2.75) is 410 Å². The average molecular weight is 1110 g/mol. The Morgan fingerprint density at radius 2 is 0.718 bits per heavy atom. The van der Waals surface area contributed by atoms with E-state index >= 15 is 0 Å². The monoisotopic (exact) mass is 1110 g/mol. The Bertz CT molecular complexity index is 1240. The number of unbranched alkanes of at least 4 members (excludes halogenated alkanes) is 50. The second-order valence-corrected chi connectivity index (χ2v) is 24.7. The fourth-order valence-corrected chi connectivity index (χ4v) is 11.6. The van der Waals surface area contributed by atoms with Crippen LogP contribution in [-0.2, 0) is 14.3 Å². The van der Waals surface area contributed by atoms with Gasteiger partial charge in [-0.15, -0.1) is 0 Å². The first-order valence-electron chi connectivity index (χ1n) is 34.9. The number of allylic oxidation sites excluding steroid dienone is 2. The van der Waals surface area contributed by atoms with Crippen molar-refractivity contribution in [2.24, 2.45) is 0 Å². The molecule has 9 heteroatoms. The van der Waals surface area contributed by atoms with Gasteiger partial charge in [0.15, 0.2) is 6.29 Å². The Hall–Kier alpha value is -1.07. The summed E-state index contributed by atoms with van der Waals surface area (Å²) in [5.41, 5.74) is 0. The molecule has 0 aromatic heterocycles. The minimum atomic E-state index is -1.55. The van der Waals surface area contributed by atoms with Gasteiger partial charge in [0.1, 0.15) is 24.4 Å². The van der Waals surface area contributed by atoms with Gasteiger partial charge >= 0.3 is 0 Å². The molecule has 1 aliphatic heterocycles. The van der Waals surface area contributed by atoms with Crippen molar-refractivity contribution >= 4 is 5.91 Å². The van der Waals surface area contributed by atoms with Gasteiger partial charge in [-0.3, -0.25) is 4.79 Å². The molecule has 0 aromatic rings. The molecule has 1 heterocycles. The summed E-state index contributed by atoms with van der Waals surface area (Å²) in [6.07, 6.45) is 68.6. The maximum Gasteiger partial charge on any atom is 0.220 e. The van der Waals surface area contributed by atoms with Gasteiger partial charge in [0, 0.05) is 6.42 Å². The van der Waals surface area contributed by atoms with Crippen LogP contribution in [0.2, 0.25) is 0 Å². The van der Waals surface area contributed by atoms with Crippen molar-refractivity contribution in [1.82, 2.24) is 5.32 Å². The maximum atomic E-state index is 13.1. The van der Waals surface area contributed by atoms with E-state index in [9.17, 15) is 30.3 Å². The number of rotatable bonds is 62. The summed E-state index contributed by atoms with van der Waals surface area (Å²) in [4.78, 5) is 13.1. The summed E-state index contributed by atoms with van der Waals surface area (Å²) in [5.74, 6) is -0.136. The maximum absolute atomic E-state index is 13.1. The standard InChI is InChI=1S/C69H135NO8/c1-3-5-7-9-11-13-15-17-19-21-23-24-25-26-27-28-29-30-31-32-33-34-35-36-37-38-39-40-41-43-45-47-49-51-53-55-57-59-65(73)70-62(61-77-69-68(76)67(75)66(74)64(60-71)78-69)63(72)58-56-54-52-50-48-46-44-42-22-20-18-16-14-12-10-8-6-4-2/h30-31,62-64,66-69,71-72,74-76H,3-29,32-61H2,1-2H3,(H,70,73)/b31-30-. The molecule has 1 fully saturated rings. The fraction of sp³-hybridized carbons (Fsp3) is 0.957. The molecule has 1 saturated heterocycles. The molecule has 0 radical (unpaired) electrons. The van der Waals surface area contributed by atoms with Crippen LogP contribution in [-0.4, -0.2) is 87.5 Å². The highest BCUT2D eigenvalue weighted by Gasteiger charge is 2.44. The van der Waals surface area contributed by atoms with E-state index in [1.54, 1.807) is 0 Å². The molecule has 464 valence electrons. The number of hydrogen-bond acceptors (Lipinski definition) is 8. The smallest absolute Gasteiger partial charge is 0.220 e. The normalized spacial score (nSPS) is 18.6. The van der Waals surface area contributed by atoms with E-state index in [0.717, 1.165) is 38.5 Å². The molecule has 0 bridgehead atoms. The van der Waals surface area contributed by atoms with Gasteiger partial charge in [-0.1, -0.05) is 334 Å². The molecule has 7 atom stereocenters. The third-order valence-electron chi connectivity index (χ3n) is 17.1. The van der Waals surface area contributed by atoms with Gasteiger partial charge in [0.25, 0.3) is 0 Å². The number of nitrogens with one attached hydrogen (secondary N) is 1. The van der Waals surface area contributed by atoms with Crippen molar-refractivity contribution in [3.63, 3.8) is 0 Å².